The molecule has 0 aliphatic carbocycles. The van der Waals surface area contributed by atoms with Gasteiger partial charge in [0.15, 0.2) is 0 Å². The van der Waals surface area contributed by atoms with E-state index in [0.717, 1.165) is 11.3 Å². The van der Waals surface area contributed by atoms with Crippen LogP contribution in [0.2, 0.25) is 0 Å². The predicted octanol–water partition coefficient (Wildman–Crippen LogP) is 2.60. The molecule has 0 saturated heterocycles. The molecule has 0 bridgehead atoms. The van der Waals surface area contributed by atoms with Crippen LogP contribution in [0.25, 0.3) is 0 Å². The van der Waals surface area contributed by atoms with Gasteiger partial charge in [0.25, 0.3) is 0 Å². The first-order chi connectivity index (χ1) is 13.5. The predicted molar refractivity (Wildman–Crippen MR) is 116 cm³/mol. The largest absolute Gasteiger partial charge is 0.378 e. The van der Waals surface area contributed by atoms with Crippen molar-refractivity contribution in [2.75, 3.05) is 39.1 Å². The maximum absolute atomic E-state index is 12.9. The van der Waals surface area contributed by atoms with E-state index in [9.17, 15) is 16.8 Å². The highest BCUT2D eigenvalue weighted by Gasteiger charge is 2.24. The lowest BCUT2D eigenvalue weighted by Gasteiger charge is -2.20. The SMILES string of the molecule is CCN(CC)S(=O)(=O)c1ccc(S(=O)(=O)N(C)Cc2ccc(N(C)C)cc2)cc1. The highest BCUT2D eigenvalue weighted by molar-refractivity contribution is 7.89. The summed E-state index contributed by atoms with van der Waals surface area (Å²) < 4.78 is 53.5. The van der Waals surface area contributed by atoms with Crippen LogP contribution in [0.5, 0.6) is 0 Å². The first-order valence-corrected chi connectivity index (χ1v) is 12.2. The number of rotatable bonds is 9. The molecule has 0 atom stereocenters. The Bertz CT molecular complexity index is 1010. The summed E-state index contributed by atoms with van der Waals surface area (Å²) in [6.45, 7) is 4.46. The minimum absolute atomic E-state index is 0.0587. The topological polar surface area (TPSA) is 78.0 Å². The van der Waals surface area contributed by atoms with Gasteiger partial charge in [-0.3, -0.25) is 0 Å². The van der Waals surface area contributed by atoms with Crippen LogP contribution < -0.4 is 4.90 Å². The standard InChI is InChI=1S/C20H29N3O4S2/c1-6-23(7-2)29(26,27)20-14-12-19(13-15-20)28(24,25)22(5)16-17-8-10-18(11-9-17)21(3)4/h8-15H,6-7,16H2,1-5H3. The van der Waals surface area contributed by atoms with Crippen LogP contribution in [0.4, 0.5) is 5.69 Å². The molecule has 0 aromatic heterocycles. The van der Waals surface area contributed by atoms with Gasteiger partial charge in [0.2, 0.25) is 20.0 Å². The van der Waals surface area contributed by atoms with Crippen LogP contribution in [0.15, 0.2) is 58.3 Å². The van der Waals surface area contributed by atoms with Gasteiger partial charge in [-0.2, -0.15) is 8.61 Å². The van der Waals surface area contributed by atoms with E-state index in [1.165, 1.54) is 39.9 Å². The molecule has 0 amide bonds. The highest BCUT2D eigenvalue weighted by Crippen LogP contribution is 2.22. The fraction of sp³-hybridized carbons (Fsp3) is 0.400. The molecule has 2 aromatic rings. The molecular formula is C20H29N3O4S2. The van der Waals surface area contributed by atoms with Gasteiger partial charge in [-0.15, -0.1) is 0 Å². The van der Waals surface area contributed by atoms with Crippen LogP contribution in [-0.4, -0.2) is 59.7 Å². The second kappa shape index (κ2) is 9.25. The Kier molecular flexibility index (Phi) is 7.45. The van der Waals surface area contributed by atoms with Crippen LogP contribution in [0.1, 0.15) is 19.4 Å². The van der Waals surface area contributed by atoms with Gasteiger partial charge in [0.05, 0.1) is 9.79 Å². The van der Waals surface area contributed by atoms with Crippen molar-refractivity contribution in [3.8, 4) is 0 Å². The van der Waals surface area contributed by atoms with Crippen molar-refractivity contribution in [3.05, 3.63) is 54.1 Å². The molecule has 29 heavy (non-hydrogen) atoms. The summed E-state index contributed by atoms with van der Waals surface area (Å²) in [7, 11) is -1.98. The summed E-state index contributed by atoms with van der Waals surface area (Å²) in [5.74, 6) is 0. The van der Waals surface area contributed by atoms with Crippen molar-refractivity contribution in [2.45, 2.75) is 30.2 Å². The van der Waals surface area contributed by atoms with Crippen molar-refractivity contribution in [3.63, 3.8) is 0 Å². The molecule has 2 aromatic carbocycles. The first-order valence-electron chi connectivity index (χ1n) is 9.36. The van der Waals surface area contributed by atoms with E-state index in [2.05, 4.69) is 0 Å². The molecule has 0 radical (unpaired) electrons. The fourth-order valence-electron chi connectivity index (χ4n) is 2.92. The molecular weight excluding hydrogens is 410 g/mol. The van der Waals surface area contributed by atoms with E-state index in [4.69, 9.17) is 0 Å². The van der Waals surface area contributed by atoms with Crippen LogP contribution >= 0.6 is 0 Å². The lowest BCUT2D eigenvalue weighted by molar-refractivity contribution is 0.445. The van der Waals surface area contributed by atoms with Gasteiger partial charge in [-0.1, -0.05) is 26.0 Å². The number of nitrogens with zero attached hydrogens (tertiary/aromatic N) is 3. The highest BCUT2D eigenvalue weighted by atomic mass is 32.2. The minimum Gasteiger partial charge on any atom is -0.378 e. The van der Waals surface area contributed by atoms with Crippen LogP contribution in [0.3, 0.4) is 0 Å². The van der Waals surface area contributed by atoms with Crippen molar-refractivity contribution in [1.82, 2.24) is 8.61 Å². The van der Waals surface area contributed by atoms with E-state index in [-0.39, 0.29) is 16.3 Å². The maximum Gasteiger partial charge on any atom is 0.243 e. The summed E-state index contributed by atoms with van der Waals surface area (Å²) in [5, 5.41) is 0. The smallest absolute Gasteiger partial charge is 0.243 e. The summed E-state index contributed by atoms with van der Waals surface area (Å²) >= 11 is 0. The number of hydrogen-bond acceptors (Lipinski definition) is 5. The lowest BCUT2D eigenvalue weighted by Crippen LogP contribution is -2.30. The monoisotopic (exact) mass is 439 g/mol. The number of anilines is 1. The van der Waals surface area contributed by atoms with Crippen molar-refractivity contribution in [2.24, 2.45) is 0 Å². The van der Waals surface area contributed by atoms with Crippen molar-refractivity contribution < 1.29 is 16.8 Å². The molecule has 0 aliphatic rings. The normalized spacial score (nSPS) is 12.5. The van der Waals surface area contributed by atoms with E-state index < -0.39 is 20.0 Å². The molecule has 0 fully saturated rings. The van der Waals surface area contributed by atoms with Crippen LogP contribution in [0, 0.1) is 0 Å². The van der Waals surface area contributed by atoms with Crippen molar-refractivity contribution in [1.29, 1.82) is 0 Å². The zero-order chi connectivity index (χ0) is 21.8. The van der Waals surface area contributed by atoms with E-state index in [1.807, 2.05) is 43.3 Å². The zero-order valence-electron chi connectivity index (χ0n) is 17.5. The maximum atomic E-state index is 12.9. The summed E-state index contributed by atoms with van der Waals surface area (Å²) in [6, 6.07) is 13.0. The average molecular weight is 440 g/mol. The van der Waals surface area contributed by atoms with Crippen LogP contribution in [-0.2, 0) is 26.6 Å². The molecule has 2 rings (SSSR count). The Morgan fingerprint density at radius 1 is 0.690 bits per heavy atom. The molecule has 0 aliphatic heterocycles. The van der Waals surface area contributed by atoms with Gasteiger partial charge in [-0.05, 0) is 42.0 Å². The molecule has 9 heteroatoms. The minimum atomic E-state index is -3.74. The second-order valence-electron chi connectivity index (χ2n) is 6.88. The molecule has 0 unspecified atom stereocenters. The zero-order valence-corrected chi connectivity index (χ0v) is 19.2. The summed E-state index contributed by atoms with van der Waals surface area (Å²) in [5.41, 5.74) is 1.90. The van der Waals surface area contributed by atoms with Gasteiger partial charge in [0, 0.05) is 46.5 Å². The quantitative estimate of drug-likeness (QED) is 0.600. The third kappa shape index (κ3) is 5.16. The Morgan fingerprint density at radius 3 is 1.55 bits per heavy atom. The van der Waals surface area contributed by atoms with Gasteiger partial charge in [-0.25, -0.2) is 16.8 Å². The van der Waals surface area contributed by atoms with E-state index in [0.29, 0.717) is 13.1 Å². The molecule has 7 nitrogen and oxygen atoms in total. The van der Waals surface area contributed by atoms with Crippen molar-refractivity contribution >= 4 is 25.7 Å². The molecule has 0 spiro atoms. The average Bonchev–Trinajstić information content (AvgIpc) is 2.69. The second-order valence-corrected chi connectivity index (χ2v) is 10.9. The van der Waals surface area contributed by atoms with E-state index in [1.54, 1.807) is 13.8 Å². The summed E-state index contributed by atoms with van der Waals surface area (Å²) in [6.07, 6.45) is 0. The van der Waals surface area contributed by atoms with E-state index >= 15 is 0 Å². The molecule has 0 saturated carbocycles. The Morgan fingerprint density at radius 2 is 1.14 bits per heavy atom. The third-order valence-electron chi connectivity index (χ3n) is 4.73. The molecule has 0 heterocycles. The third-order valence-corrected chi connectivity index (χ3v) is 8.61. The van der Waals surface area contributed by atoms with Gasteiger partial charge < -0.3 is 4.90 Å². The number of sulfonamides is 2. The Labute approximate surface area is 174 Å². The lowest BCUT2D eigenvalue weighted by atomic mass is 10.2. The molecule has 160 valence electrons. The van der Waals surface area contributed by atoms with Gasteiger partial charge in [0.1, 0.15) is 0 Å². The Balaban J connectivity index is 2.22. The summed E-state index contributed by atoms with van der Waals surface area (Å²) in [4.78, 5) is 2.11. The fourth-order valence-corrected chi connectivity index (χ4v) is 5.53. The first kappa shape index (κ1) is 23.3. The number of hydrogen-bond donors (Lipinski definition) is 0. The molecule has 0 N–H and O–H groups in total. The number of benzene rings is 2. The Hall–Kier alpha value is -1.94. The van der Waals surface area contributed by atoms with Gasteiger partial charge >= 0.3 is 0 Å².